The topological polar surface area (TPSA) is 17.1 Å². The molecule has 0 bridgehead atoms. The number of rotatable bonds is 4. The zero-order valence-corrected chi connectivity index (χ0v) is 9.47. The summed E-state index contributed by atoms with van der Waals surface area (Å²) in [4.78, 5) is 11.9. The van der Waals surface area contributed by atoms with Gasteiger partial charge in [-0.3, -0.25) is 4.79 Å². The van der Waals surface area contributed by atoms with Crippen LogP contribution in [0.25, 0.3) is 0 Å². The Kier molecular flexibility index (Phi) is 3.68. The van der Waals surface area contributed by atoms with Gasteiger partial charge in [-0.15, -0.1) is 0 Å². The predicted octanol–water partition coefficient (Wildman–Crippen LogP) is 3.66. The highest BCUT2D eigenvalue weighted by Gasteiger charge is 2.25. The van der Waals surface area contributed by atoms with E-state index in [1.54, 1.807) is 0 Å². The first-order chi connectivity index (χ1) is 6.56. The third-order valence-electron chi connectivity index (χ3n) is 3.08. The Balaban J connectivity index is 2.56. The molecule has 0 unspecified atom stereocenters. The Morgan fingerprint density at radius 2 is 2.14 bits per heavy atom. The van der Waals surface area contributed by atoms with Crippen molar-refractivity contribution in [1.82, 2.24) is 0 Å². The fraction of sp³-hybridized carbons (Fsp3) is 0.615. The van der Waals surface area contributed by atoms with Crippen LogP contribution in [0.4, 0.5) is 0 Å². The molecule has 0 atom stereocenters. The lowest BCUT2D eigenvalue weighted by Gasteiger charge is -2.21. The zero-order chi connectivity index (χ0) is 10.6. The van der Waals surface area contributed by atoms with Crippen LogP contribution in [-0.4, -0.2) is 5.78 Å². The van der Waals surface area contributed by atoms with E-state index < -0.39 is 0 Å². The Morgan fingerprint density at radius 1 is 1.43 bits per heavy atom. The summed E-state index contributed by atoms with van der Waals surface area (Å²) >= 11 is 0. The second-order valence-corrected chi connectivity index (χ2v) is 4.60. The summed E-state index contributed by atoms with van der Waals surface area (Å²) in [6.07, 6.45) is 10.2. The minimum absolute atomic E-state index is 0.161. The van der Waals surface area contributed by atoms with Gasteiger partial charge in [-0.05, 0) is 24.8 Å². The molecule has 0 spiro atoms. The van der Waals surface area contributed by atoms with Crippen LogP contribution in [0, 0.1) is 5.41 Å². The quantitative estimate of drug-likeness (QED) is 0.664. The van der Waals surface area contributed by atoms with Crippen molar-refractivity contribution in [3.63, 3.8) is 0 Å². The fourth-order valence-electron chi connectivity index (χ4n) is 1.42. The molecule has 0 saturated carbocycles. The van der Waals surface area contributed by atoms with E-state index in [2.05, 4.69) is 25.2 Å². The summed E-state index contributed by atoms with van der Waals surface area (Å²) in [5.74, 6) is 0.359. The Labute approximate surface area is 86.9 Å². The molecule has 0 aromatic rings. The number of ketones is 1. The predicted molar refractivity (Wildman–Crippen MR) is 60.2 cm³/mol. The van der Waals surface area contributed by atoms with Gasteiger partial charge in [-0.1, -0.05) is 39.0 Å². The van der Waals surface area contributed by atoms with Gasteiger partial charge in [0, 0.05) is 11.8 Å². The van der Waals surface area contributed by atoms with Crippen molar-refractivity contribution in [3.05, 3.63) is 23.8 Å². The molecule has 0 aromatic carbocycles. The molecule has 0 aliphatic heterocycles. The fourth-order valence-corrected chi connectivity index (χ4v) is 1.42. The molecule has 1 nitrogen and oxygen atoms in total. The molecular formula is C13H20O. The highest BCUT2D eigenvalue weighted by atomic mass is 16.1. The second kappa shape index (κ2) is 4.59. The molecule has 1 rings (SSSR count). The van der Waals surface area contributed by atoms with E-state index >= 15 is 0 Å². The van der Waals surface area contributed by atoms with Gasteiger partial charge in [0.15, 0.2) is 0 Å². The highest BCUT2D eigenvalue weighted by Crippen LogP contribution is 2.25. The number of carbonyl (C=O) groups excluding carboxylic acids is 1. The molecule has 0 radical (unpaired) electrons. The van der Waals surface area contributed by atoms with Crippen LogP contribution in [0.5, 0.6) is 0 Å². The second-order valence-electron chi connectivity index (χ2n) is 4.60. The molecule has 1 heteroatoms. The lowest BCUT2D eigenvalue weighted by Crippen LogP contribution is -2.23. The van der Waals surface area contributed by atoms with E-state index in [1.165, 1.54) is 5.57 Å². The Morgan fingerprint density at radius 3 is 2.64 bits per heavy atom. The van der Waals surface area contributed by atoms with Gasteiger partial charge in [0.05, 0.1) is 0 Å². The lowest BCUT2D eigenvalue weighted by molar-refractivity contribution is -0.126. The van der Waals surface area contributed by atoms with Gasteiger partial charge >= 0.3 is 0 Å². The van der Waals surface area contributed by atoms with Crippen LogP contribution in [0.3, 0.4) is 0 Å². The molecule has 0 N–H and O–H groups in total. The highest BCUT2D eigenvalue weighted by molar-refractivity contribution is 5.86. The first kappa shape index (κ1) is 11.2. The molecule has 0 amide bonds. The van der Waals surface area contributed by atoms with Crippen molar-refractivity contribution in [2.24, 2.45) is 5.41 Å². The number of allylic oxidation sites excluding steroid dienone is 4. The summed E-state index contributed by atoms with van der Waals surface area (Å²) < 4.78 is 0. The maximum Gasteiger partial charge on any atom is 0.142 e. The van der Waals surface area contributed by atoms with E-state index in [0.29, 0.717) is 12.2 Å². The normalized spacial score (nSPS) is 16.6. The standard InChI is InChI=1S/C13H20O/c1-4-13(2,3)12(14)10-11-8-6-5-7-9-11/h6,8-9H,4-5,7,10H2,1-3H3. The third kappa shape index (κ3) is 2.83. The van der Waals surface area contributed by atoms with Gasteiger partial charge in [0.25, 0.3) is 0 Å². The van der Waals surface area contributed by atoms with E-state index in [1.807, 2.05) is 13.8 Å². The van der Waals surface area contributed by atoms with Gasteiger partial charge < -0.3 is 0 Å². The third-order valence-corrected chi connectivity index (χ3v) is 3.08. The van der Waals surface area contributed by atoms with Crippen molar-refractivity contribution in [3.8, 4) is 0 Å². The maximum atomic E-state index is 11.9. The zero-order valence-electron chi connectivity index (χ0n) is 9.47. The first-order valence-corrected chi connectivity index (χ1v) is 5.45. The molecule has 1 aliphatic carbocycles. The molecular weight excluding hydrogens is 172 g/mol. The summed E-state index contributed by atoms with van der Waals surface area (Å²) in [7, 11) is 0. The molecule has 0 heterocycles. The first-order valence-electron chi connectivity index (χ1n) is 5.45. The average Bonchev–Trinajstić information content (AvgIpc) is 2.19. The minimum atomic E-state index is -0.161. The number of hydrogen-bond donors (Lipinski definition) is 0. The van der Waals surface area contributed by atoms with E-state index in [0.717, 1.165) is 19.3 Å². The van der Waals surface area contributed by atoms with Crippen molar-refractivity contribution >= 4 is 5.78 Å². The molecule has 14 heavy (non-hydrogen) atoms. The van der Waals surface area contributed by atoms with Crippen molar-refractivity contribution in [1.29, 1.82) is 0 Å². The molecule has 1 aliphatic rings. The molecule has 0 fully saturated rings. The summed E-state index contributed by atoms with van der Waals surface area (Å²) in [5, 5.41) is 0. The van der Waals surface area contributed by atoms with Crippen LogP contribution < -0.4 is 0 Å². The number of hydrogen-bond acceptors (Lipinski definition) is 1. The summed E-state index contributed by atoms with van der Waals surface area (Å²) in [5.41, 5.74) is 1.04. The van der Waals surface area contributed by atoms with Crippen LogP contribution in [0.15, 0.2) is 23.8 Å². The van der Waals surface area contributed by atoms with Gasteiger partial charge in [-0.2, -0.15) is 0 Å². The maximum absolute atomic E-state index is 11.9. The lowest BCUT2D eigenvalue weighted by atomic mass is 9.82. The number of Topliss-reactive ketones (excluding diaryl/α,β-unsaturated/α-hetero) is 1. The molecule has 0 saturated heterocycles. The summed E-state index contributed by atoms with van der Waals surface area (Å²) in [6.45, 7) is 6.13. The molecule has 78 valence electrons. The van der Waals surface area contributed by atoms with Crippen molar-refractivity contribution < 1.29 is 4.79 Å². The molecule has 0 aromatic heterocycles. The van der Waals surface area contributed by atoms with Gasteiger partial charge in [0.2, 0.25) is 0 Å². The van der Waals surface area contributed by atoms with Crippen LogP contribution >= 0.6 is 0 Å². The summed E-state index contributed by atoms with van der Waals surface area (Å²) in [6, 6.07) is 0. The average molecular weight is 192 g/mol. The van der Waals surface area contributed by atoms with E-state index in [-0.39, 0.29) is 5.41 Å². The number of carbonyl (C=O) groups is 1. The Hall–Kier alpha value is -0.850. The van der Waals surface area contributed by atoms with Crippen molar-refractivity contribution in [2.75, 3.05) is 0 Å². The Bertz CT molecular complexity index is 269. The SMILES string of the molecule is CCC(C)(C)C(=O)CC1=CCCC=C1. The minimum Gasteiger partial charge on any atom is -0.299 e. The van der Waals surface area contributed by atoms with E-state index in [4.69, 9.17) is 0 Å². The van der Waals surface area contributed by atoms with Crippen LogP contribution in [-0.2, 0) is 4.79 Å². The smallest absolute Gasteiger partial charge is 0.142 e. The van der Waals surface area contributed by atoms with Crippen LogP contribution in [0.2, 0.25) is 0 Å². The van der Waals surface area contributed by atoms with E-state index in [9.17, 15) is 4.79 Å². The monoisotopic (exact) mass is 192 g/mol. The van der Waals surface area contributed by atoms with Crippen LogP contribution in [0.1, 0.15) is 46.5 Å². The largest absolute Gasteiger partial charge is 0.299 e. The van der Waals surface area contributed by atoms with Gasteiger partial charge in [0.1, 0.15) is 5.78 Å². The van der Waals surface area contributed by atoms with Gasteiger partial charge in [-0.25, -0.2) is 0 Å². The van der Waals surface area contributed by atoms with Crippen molar-refractivity contribution in [2.45, 2.75) is 46.5 Å².